The number of likely N-dealkylation sites (N-methyl/N-ethyl adjacent to an activating group) is 1. The van der Waals surface area contributed by atoms with E-state index in [1.807, 2.05) is 6.92 Å². The molecule has 1 amide bonds. The van der Waals surface area contributed by atoms with E-state index in [9.17, 15) is 4.79 Å². The molecule has 0 spiro atoms. The number of hydrogen-bond acceptors (Lipinski definition) is 3. The van der Waals surface area contributed by atoms with Crippen LogP contribution < -0.4 is 9.64 Å². The summed E-state index contributed by atoms with van der Waals surface area (Å²) in [6.45, 7) is 4.23. The van der Waals surface area contributed by atoms with Crippen LogP contribution in [0.3, 0.4) is 0 Å². The number of nitrogens with zero attached hydrogens (tertiary/aromatic N) is 2. The average Bonchev–Trinajstić information content (AvgIpc) is 2.30. The van der Waals surface area contributed by atoms with Crippen molar-refractivity contribution >= 4 is 11.6 Å². The molecule has 1 atom stereocenters. The summed E-state index contributed by atoms with van der Waals surface area (Å²) in [7, 11) is 0. The molecule has 82 valence electrons. The summed E-state index contributed by atoms with van der Waals surface area (Å²) in [4.78, 5) is 13.5. The number of anilines is 1. The van der Waals surface area contributed by atoms with Gasteiger partial charge in [-0.2, -0.15) is 5.26 Å². The fourth-order valence-corrected chi connectivity index (χ4v) is 1.81. The summed E-state index contributed by atoms with van der Waals surface area (Å²) in [6.07, 6.45) is -0.485. The summed E-state index contributed by atoms with van der Waals surface area (Å²) < 4.78 is 5.48. The molecule has 4 heteroatoms. The topological polar surface area (TPSA) is 53.3 Å². The summed E-state index contributed by atoms with van der Waals surface area (Å²) in [5.74, 6) is 0.563. The maximum Gasteiger partial charge on any atom is 0.267 e. The molecule has 1 aromatic carbocycles. The van der Waals surface area contributed by atoms with Crippen molar-refractivity contribution in [3.8, 4) is 11.8 Å². The molecule has 1 heterocycles. The molecule has 16 heavy (non-hydrogen) atoms. The smallest absolute Gasteiger partial charge is 0.267 e. The Morgan fingerprint density at radius 1 is 1.56 bits per heavy atom. The molecule has 1 aromatic rings. The fourth-order valence-electron chi connectivity index (χ4n) is 1.81. The van der Waals surface area contributed by atoms with Gasteiger partial charge in [0.15, 0.2) is 6.10 Å². The Labute approximate surface area is 94.0 Å². The maximum absolute atomic E-state index is 11.8. The number of fused-ring (bicyclic) bond motifs is 1. The van der Waals surface area contributed by atoms with Crippen molar-refractivity contribution in [1.29, 1.82) is 5.26 Å². The van der Waals surface area contributed by atoms with E-state index in [0.29, 0.717) is 17.9 Å². The van der Waals surface area contributed by atoms with E-state index in [1.54, 1.807) is 30.0 Å². The van der Waals surface area contributed by atoms with E-state index in [1.165, 1.54) is 0 Å². The van der Waals surface area contributed by atoms with Crippen LogP contribution >= 0.6 is 0 Å². The minimum atomic E-state index is -0.485. The Morgan fingerprint density at radius 2 is 2.31 bits per heavy atom. The lowest BCUT2D eigenvalue weighted by Gasteiger charge is -2.32. The Morgan fingerprint density at radius 3 is 2.94 bits per heavy atom. The standard InChI is InChI=1S/C12H12N2O2/c1-3-14-10-5-4-9(7-13)6-11(10)16-8(2)12(14)15/h4-6,8H,3H2,1-2H3. The molecule has 0 saturated heterocycles. The minimum Gasteiger partial charge on any atom is -0.479 e. The van der Waals surface area contributed by atoms with Gasteiger partial charge in [0.1, 0.15) is 5.75 Å². The molecule has 4 nitrogen and oxygen atoms in total. The molecule has 1 aliphatic rings. The fraction of sp³-hybridized carbons (Fsp3) is 0.333. The van der Waals surface area contributed by atoms with E-state index in [0.717, 1.165) is 5.69 Å². The van der Waals surface area contributed by atoms with E-state index in [-0.39, 0.29) is 5.91 Å². The van der Waals surface area contributed by atoms with Crippen molar-refractivity contribution in [3.63, 3.8) is 0 Å². The first-order valence-corrected chi connectivity index (χ1v) is 5.19. The molecule has 2 rings (SSSR count). The third-order valence-electron chi connectivity index (χ3n) is 2.61. The first-order chi connectivity index (χ1) is 7.67. The predicted octanol–water partition coefficient (Wildman–Crippen LogP) is 1.69. The van der Waals surface area contributed by atoms with E-state index < -0.39 is 6.10 Å². The number of carbonyl (C=O) groups excluding carboxylic acids is 1. The lowest BCUT2D eigenvalue weighted by atomic mass is 10.1. The highest BCUT2D eigenvalue weighted by atomic mass is 16.5. The molecule has 0 aromatic heterocycles. The number of hydrogen-bond donors (Lipinski definition) is 0. The number of benzene rings is 1. The van der Waals surface area contributed by atoms with E-state index in [2.05, 4.69) is 6.07 Å². The first-order valence-electron chi connectivity index (χ1n) is 5.19. The van der Waals surface area contributed by atoms with Crippen LogP contribution in [0.4, 0.5) is 5.69 Å². The number of nitriles is 1. The Kier molecular flexibility index (Phi) is 2.53. The van der Waals surface area contributed by atoms with Crippen molar-refractivity contribution < 1.29 is 9.53 Å². The van der Waals surface area contributed by atoms with Gasteiger partial charge in [-0.3, -0.25) is 4.79 Å². The zero-order valence-electron chi connectivity index (χ0n) is 9.23. The Balaban J connectivity index is 2.51. The van der Waals surface area contributed by atoms with Crippen molar-refractivity contribution in [1.82, 2.24) is 0 Å². The zero-order chi connectivity index (χ0) is 11.7. The highest BCUT2D eigenvalue weighted by molar-refractivity contribution is 5.99. The molecule has 0 fully saturated rings. The van der Waals surface area contributed by atoms with Gasteiger partial charge < -0.3 is 9.64 Å². The maximum atomic E-state index is 11.8. The van der Waals surface area contributed by atoms with Crippen LogP contribution in [0.15, 0.2) is 18.2 Å². The van der Waals surface area contributed by atoms with Gasteiger partial charge in [0.25, 0.3) is 5.91 Å². The van der Waals surface area contributed by atoms with Gasteiger partial charge in [-0.1, -0.05) is 0 Å². The normalized spacial score (nSPS) is 18.7. The summed E-state index contributed by atoms with van der Waals surface area (Å²) in [5.41, 5.74) is 1.28. The highest BCUT2D eigenvalue weighted by Gasteiger charge is 2.30. The van der Waals surface area contributed by atoms with Crippen molar-refractivity contribution in [3.05, 3.63) is 23.8 Å². The second kappa shape index (κ2) is 3.86. The summed E-state index contributed by atoms with van der Waals surface area (Å²) in [5, 5.41) is 8.79. The largest absolute Gasteiger partial charge is 0.479 e. The zero-order valence-corrected chi connectivity index (χ0v) is 9.23. The lowest BCUT2D eigenvalue weighted by molar-refractivity contribution is -0.125. The van der Waals surface area contributed by atoms with Crippen LogP contribution in [-0.4, -0.2) is 18.6 Å². The highest BCUT2D eigenvalue weighted by Crippen LogP contribution is 2.34. The predicted molar refractivity (Wildman–Crippen MR) is 59.3 cm³/mol. The van der Waals surface area contributed by atoms with Gasteiger partial charge in [0.2, 0.25) is 0 Å². The first kappa shape index (κ1) is 10.5. The minimum absolute atomic E-state index is 0.0419. The third kappa shape index (κ3) is 1.50. The second-order valence-electron chi connectivity index (χ2n) is 3.64. The van der Waals surface area contributed by atoms with Crippen LogP contribution in [-0.2, 0) is 4.79 Å². The molecule has 0 bridgehead atoms. The number of carbonyl (C=O) groups is 1. The Hall–Kier alpha value is -2.02. The Bertz CT molecular complexity index is 476. The SMILES string of the molecule is CCN1C(=O)C(C)Oc2cc(C#N)ccc21. The second-order valence-corrected chi connectivity index (χ2v) is 3.64. The molecular formula is C12H12N2O2. The molecule has 0 saturated carbocycles. The van der Waals surface area contributed by atoms with Crippen molar-refractivity contribution in [2.75, 3.05) is 11.4 Å². The van der Waals surface area contributed by atoms with Crippen molar-refractivity contribution in [2.45, 2.75) is 20.0 Å². The van der Waals surface area contributed by atoms with Gasteiger partial charge >= 0.3 is 0 Å². The monoisotopic (exact) mass is 216 g/mol. The van der Waals surface area contributed by atoms with Crippen LogP contribution in [0.25, 0.3) is 0 Å². The quantitative estimate of drug-likeness (QED) is 0.717. The number of ether oxygens (including phenoxy) is 1. The lowest BCUT2D eigenvalue weighted by Crippen LogP contribution is -2.44. The molecule has 1 unspecified atom stereocenters. The van der Waals surface area contributed by atoms with Gasteiger partial charge in [0, 0.05) is 12.6 Å². The number of rotatable bonds is 1. The average molecular weight is 216 g/mol. The number of amides is 1. The molecular weight excluding hydrogens is 204 g/mol. The molecule has 1 aliphatic heterocycles. The van der Waals surface area contributed by atoms with Crippen LogP contribution in [0.1, 0.15) is 19.4 Å². The van der Waals surface area contributed by atoms with E-state index in [4.69, 9.17) is 10.00 Å². The van der Waals surface area contributed by atoms with Gasteiger partial charge in [-0.15, -0.1) is 0 Å². The van der Waals surface area contributed by atoms with E-state index >= 15 is 0 Å². The van der Waals surface area contributed by atoms with Gasteiger partial charge in [0.05, 0.1) is 17.3 Å². The molecule has 0 radical (unpaired) electrons. The van der Waals surface area contributed by atoms with Crippen molar-refractivity contribution in [2.24, 2.45) is 0 Å². The van der Waals surface area contributed by atoms with Crippen LogP contribution in [0.5, 0.6) is 5.75 Å². The molecule has 0 aliphatic carbocycles. The molecule has 0 N–H and O–H groups in total. The van der Waals surface area contributed by atoms with Crippen LogP contribution in [0, 0.1) is 11.3 Å². The summed E-state index contributed by atoms with van der Waals surface area (Å²) >= 11 is 0. The van der Waals surface area contributed by atoms with Gasteiger partial charge in [-0.05, 0) is 26.0 Å². The van der Waals surface area contributed by atoms with Gasteiger partial charge in [-0.25, -0.2) is 0 Å². The third-order valence-corrected chi connectivity index (χ3v) is 2.61. The van der Waals surface area contributed by atoms with Crippen LogP contribution in [0.2, 0.25) is 0 Å². The summed E-state index contributed by atoms with van der Waals surface area (Å²) in [6, 6.07) is 7.16.